The number of nitrogens with zero attached hydrogens (tertiary/aromatic N) is 1. The number of aliphatic hydroxyl groups is 1. The van der Waals surface area contributed by atoms with E-state index >= 15 is 0 Å². The van der Waals surface area contributed by atoms with Gasteiger partial charge in [0, 0.05) is 43.0 Å². The predicted octanol–water partition coefficient (Wildman–Crippen LogP) is 4.83. The van der Waals surface area contributed by atoms with Gasteiger partial charge in [0.15, 0.2) is 0 Å². The van der Waals surface area contributed by atoms with Crippen LogP contribution in [-0.2, 0) is 19.5 Å². The highest BCUT2D eigenvalue weighted by molar-refractivity contribution is 5.98. The van der Waals surface area contributed by atoms with Crippen molar-refractivity contribution in [3.63, 3.8) is 0 Å². The maximum Gasteiger partial charge on any atom is 0.251 e. The van der Waals surface area contributed by atoms with Crippen molar-refractivity contribution in [3.05, 3.63) is 101 Å². The largest absolute Gasteiger partial charge is 0.497 e. The number of fused-ring (bicyclic) bond motifs is 1. The molecule has 3 N–H and O–H groups in total. The van der Waals surface area contributed by atoms with Gasteiger partial charge >= 0.3 is 0 Å². The van der Waals surface area contributed by atoms with Crippen LogP contribution in [0, 0.1) is 11.6 Å². The summed E-state index contributed by atoms with van der Waals surface area (Å²) in [4.78, 5) is 13.3. The number of amides is 1. The molecule has 2 atom stereocenters. The molecule has 0 radical (unpaired) electrons. The van der Waals surface area contributed by atoms with Crippen molar-refractivity contribution in [3.8, 4) is 5.75 Å². The Morgan fingerprint density at radius 3 is 2.55 bits per heavy atom. The standard InChI is InChI=1S/C30H33F2N3O3/c1-3-10-35-11-9-22-7-8-23(16-28(22)35)30(37)34-27(15-21-12-24(31)17-25(32)13-21)29(36)19-33-18-20-5-4-6-26(14-20)38-2/h4-9,11-14,16-17,27,29,33,36H,3,10,15,18-19H2,1-2H3,(H,34,37)/t27-,29+/m0/s1. The molecule has 0 bridgehead atoms. The van der Waals surface area contributed by atoms with Crippen molar-refractivity contribution in [1.29, 1.82) is 0 Å². The van der Waals surface area contributed by atoms with Gasteiger partial charge < -0.3 is 25.0 Å². The molecule has 1 amide bonds. The van der Waals surface area contributed by atoms with Crippen LogP contribution in [0.4, 0.5) is 8.78 Å². The summed E-state index contributed by atoms with van der Waals surface area (Å²) in [5, 5.41) is 18.2. The highest BCUT2D eigenvalue weighted by Crippen LogP contribution is 2.19. The fourth-order valence-electron chi connectivity index (χ4n) is 4.57. The second-order valence-electron chi connectivity index (χ2n) is 9.39. The molecule has 0 fully saturated rings. The van der Waals surface area contributed by atoms with Gasteiger partial charge in [0.1, 0.15) is 17.4 Å². The molecule has 0 saturated heterocycles. The van der Waals surface area contributed by atoms with E-state index in [1.807, 2.05) is 48.7 Å². The van der Waals surface area contributed by atoms with Crippen LogP contribution >= 0.6 is 0 Å². The summed E-state index contributed by atoms with van der Waals surface area (Å²) in [6, 6.07) is 17.4. The first kappa shape index (κ1) is 27.3. The van der Waals surface area contributed by atoms with E-state index in [4.69, 9.17) is 4.74 Å². The topological polar surface area (TPSA) is 75.5 Å². The van der Waals surface area contributed by atoms with E-state index in [0.29, 0.717) is 17.7 Å². The van der Waals surface area contributed by atoms with Crippen LogP contribution in [0.5, 0.6) is 5.75 Å². The van der Waals surface area contributed by atoms with Crippen molar-refractivity contribution in [2.45, 2.75) is 45.0 Å². The number of aryl methyl sites for hydroxylation is 1. The van der Waals surface area contributed by atoms with Crippen LogP contribution in [0.1, 0.15) is 34.8 Å². The Kier molecular flexibility index (Phi) is 9.10. The molecule has 0 spiro atoms. The molecule has 0 unspecified atom stereocenters. The maximum atomic E-state index is 13.9. The van der Waals surface area contributed by atoms with E-state index in [1.54, 1.807) is 13.2 Å². The molecule has 0 aliphatic heterocycles. The summed E-state index contributed by atoms with van der Waals surface area (Å²) in [5.41, 5.74) is 2.70. The molecule has 4 aromatic rings. The summed E-state index contributed by atoms with van der Waals surface area (Å²) in [5.74, 6) is -1.06. The maximum absolute atomic E-state index is 13.9. The van der Waals surface area contributed by atoms with Gasteiger partial charge in [-0.3, -0.25) is 4.79 Å². The van der Waals surface area contributed by atoms with Crippen molar-refractivity contribution < 1.29 is 23.4 Å². The highest BCUT2D eigenvalue weighted by atomic mass is 19.1. The Hall–Kier alpha value is -3.75. The number of ether oxygens (including phenoxy) is 1. The quantitative estimate of drug-likeness (QED) is 0.250. The van der Waals surface area contributed by atoms with Gasteiger partial charge in [-0.15, -0.1) is 0 Å². The van der Waals surface area contributed by atoms with Crippen molar-refractivity contribution in [1.82, 2.24) is 15.2 Å². The zero-order valence-electron chi connectivity index (χ0n) is 21.6. The van der Waals surface area contributed by atoms with Gasteiger partial charge in [-0.2, -0.15) is 0 Å². The lowest BCUT2D eigenvalue weighted by Crippen LogP contribution is -2.48. The van der Waals surface area contributed by atoms with Crippen LogP contribution in [-0.4, -0.2) is 41.4 Å². The molecule has 8 heteroatoms. The van der Waals surface area contributed by atoms with Crippen LogP contribution in [0.25, 0.3) is 10.9 Å². The third-order valence-electron chi connectivity index (χ3n) is 6.48. The number of aliphatic hydroxyl groups excluding tert-OH is 1. The monoisotopic (exact) mass is 521 g/mol. The summed E-state index contributed by atoms with van der Waals surface area (Å²) in [6.07, 6.45) is 1.98. The smallest absolute Gasteiger partial charge is 0.251 e. The van der Waals surface area contributed by atoms with Crippen LogP contribution < -0.4 is 15.4 Å². The number of aromatic nitrogens is 1. The summed E-state index contributed by atoms with van der Waals surface area (Å²) >= 11 is 0. The first-order valence-electron chi connectivity index (χ1n) is 12.7. The van der Waals surface area contributed by atoms with Crippen LogP contribution in [0.2, 0.25) is 0 Å². The number of hydrogen-bond donors (Lipinski definition) is 3. The molecule has 0 saturated carbocycles. The average molecular weight is 522 g/mol. The van der Waals surface area contributed by atoms with Gasteiger partial charge in [0.25, 0.3) is 5.91 Å². The molecule has 4 rings (SSSR count). The predicted molar refractivity (Wildman–Crippen MR) is 144 cm³/mol. The Morgan fingerprint density at radius 1 is 1.03 bits per heavy atom. The van der Waals surface area contributed by atoms with Crippen LogP contribution in [0.15, 0.2) is 72.9 Å². The third-order valence-corrected chi connectivity index (χ3v) is 6.48. The molecule has 0 aliphatic rings. The minimum atomic E-state index is -1.02. The third kappa shape index (κ3) is 6.96. The van der Waals surface area contributed by atoms with Gasteiger partial charge in [-0.1, -0.05) is 25.1 Å². The van der Waals surface area contributed by atoms with Gasteiger partial charge in [0.05, 0.1) is 19.3 Å². The Morgan fingerprint density at radius 2 is 1.82 bits per heavy atom. The molecule has 6 nitrogen and oxygen atoms in total. The summed E-state index contributed by atoms with van der Waals surface area (Å²) in [7, 11) is 1.59. The Balaban J connectivity index is 1.50. The van der Waals surface area contributed by atoms with Crippen molar-refractivity contribution in [2.75, 3.05) is 13.7 Å². The zero-order valence-corrected chi connectivity index (χ0v) is 21.6. The van der Waals surface area contributed by atoms with E-state index in [-0.39, 0.29) is 18.9 Å². The lowest BCUT2D eigenvalue weighted by atomic mass is 10.00. The second kappa shape index (κ2) is 12.7. The molecule has 1 aromatic heterocycles. The first-order chi connectivity index (χ1) is 18.4. The van der Waals surface area contributed by atoms with E-state index in [9.17, 15) is 18.7 Å². The molecule has 200 valence electrons. The van der Waals surface area contributed by atoms with E-state index in [2.05, 4.69) is 22.1 Å². The second-order valence-corrected chi connectivity index (χ2v) is 9.39. The minimum absolute atomic E-state index is 0.0525. The van der Waals surface area contributed by atoms with Crippen molar-refractivity contribution in [2.24, 2.45) is 0 Å². The fourth-order valence-corrected chi connectivity index (χ4v) is 4.57. The molecule has 38 heavy (non-hydrogen) atoms. The fraction of sp³-hybridized carbons (Fsp3) is 0.300. The number of benzene rings is 3. The van der Waals surface area contributed by atoms with E-state index in [1.165, 1.54) is 12.1 Å². The Labute approximate surface area is 221 Å². The molecule has 3 aromatic carbocycles. The highest BCUT2D eigenvalue weighted by Gasteiger charge is 2.23. The molecule has 1 heterocycles. The average Bonchev–Trinajstić information content (AvgIpc) is 3.30. The van der Waals surface area contributed by atoms with E-state index < -0.39 is 23.8 Å². The molecular formula is C30H33F2N3O3. The lowest BCUT2D eigenvalue weighted by molar-refractivity contribution is 0.0830. The van der Waals surface area contributed by atoms with Crippen molar-refractivity contribution >= 4 is 16.8 Å². The number of carbonyl (C=O) groups excluding carboxylic acids is 1. The molecule has 0 aliphatic carbocycles. The number of nitrogens with one attached hydrogen (secondary N) is 2. The van der Waals surface area contributed by atoms with E-state index in [0.717, 1.165) is 41.2 Å². The van der Waals surface area contributed by atoms with Gasteiger partial charge in [-0.05, 0) is 71.8 Å². The number of halogens is 2. The zero-order chi connectivity index (χ0) is 27.1. The number of methoxy groups -OCH3 is 1. The SMILES string of the molecule is CCCn1ccc2ccc(C(=O)N[C@@H](Cc3cc(F)cc(F)c3)[C@H](O)CNCc3cccc(OC)c3)cc21. The molecular weight excluding hydrogens is 488 g/mol. The van der Waals surface area contributed by atoms with Gasteiger partial charge in [0.2, 0.25) is 0 Å². The Bertz CT molecular complexity index is 1370. The number of hydrogen-bond acceptors (Lipinski definition) is 4. The van der Waals surface area contributed by atoms with Crippen LogP contribution in [0.3, 0.4) is 0 Å². The minimum Gasteiger partial charge on any atom is -0.497 e. The first-order valence-corrected chi connectivity index (χ1v) is 12.7. The van der Waals surface area contributed by atoms with Gasteiger partial charge in [-0.25, -0.2) is 8.78 Å². The lowest BCUT2D eigenvalue weighted by Gasteiger charge is -2.25. The number of rotatable bonds is 12. The normalized spacial score (nSPS) is 12.9. The number of carbonyl (C=O) groups is 1. The summed E-state index contributed by atoms with van der Waals surface area (Å²) < 4.78 is 35.1. The summed E-state index contributed by atoms with van der Waals surface area (Å²) in [6.45, 7) is 3.54.